The summed E-state index contributed by atoms with van der Waals surface area (Å²) in [4.78, 5) is 28.7. The van der Waals surface area contributed by atoms with Crippen molar-refractivity contribution in [2.24, 2.45) is 0 Å². The van der Waals surface area contributed by atoms with Gasteiger partial charge in [0.15, 0.2) is 6.04 Å². The van der Waals surface area contributed by atoms with E-state index in [4.69, 9.17) is 0 Å². The Bertz CT molecular complexity index is 856. The van der Waals surface area contributed by atoms with Crippen molar-refractivity contribution in [2.75, 3.05) is 31.5 Å². The van der Waals surface area contributed by atoms with E-state index < -0.39 is 0 Å². The van der Waals surface area contributed by atoms with Crippen molar-refractivity contribution in [3.05, 3.63) is 65.2 Å². The Morgan fingerprint density at radius 3 is 2.24 bits per heavy atom. The fourth-order valence-electron chi connectivity index (χ4n) is 3.95. The third-order valence-electron chi connectivity index (χ3n) is 5.89. The zero-order chi connectivity index (χ0) is 21.0. The Balaban J connectivity index is 1.60. The maximum Gasteiger partial charge on any atom is 0.282 e. The topological polar surface area (TPSA) is 53.9 Å². The molecule has 3 rings (SSSR count). The molecule has 2 aromatic rings. The standard InChI is InChI=1S/C24H31N3O2/c1-17(2)21-12-8-9-18(3)22(21)25-23(28)19(4)26-13-15-27(16-14-26)24(29)20-10-6-5-7-11-20/h5-12,17,19H,13-16H2,1-4H3,(H,25,28)/p+1/t19-/m0/s1. The van der Waals surface area contributed by atoms with Gasteiger partial charge in [-0.25, -0.2) is 0 Å². The number of piperazine rings is 1. The zero-order valence-corrected chi connectivity index (χ0v) is 17.9. The lowest BCUT2D eigenvalue weighted by molar-refractivity contribution is -0.917. The number of carbonyl (C=O) groups excluding carboxylic acids is 2. The van der Waals surface area contributed by atoms with Crippen molar-refractivity contribution in [1.29, 1.82) is 0 Å². The predicted molar refractivity (Wildman–Crippen MR) is 116 cm³/mol. The van der Waals surface area contributed by atoms with Crippen LogP contribution < -0.4 is 10.2 Å². The van der Waals surface area contributed by atoms with E-state index in [0.29, 0.717) is 19.0 Å². The summed E-state index contributed by atoms with van der Waals surface area (Å²) in [6, 6.07) is 15.4. The van der Waals surface area contributed by atoms with E-state index in [-0.39, 0.29) is 17.9 Å². The molecule has 0 unspecified atom stereocenters. The van der Waals surface area contributed by atoms with Gasteiger partial charge in [0, 0.05) is 11.3 Å². The third-order valence-corrected chi connectivity index (χ3v) is 5.89. The number of amides is 2. The average Bonchev–Trinajstić information content (AvgIpc) is 2.74. The van der Waals surface area contributed by atoms with E-state index >= 15 is 0 Å². The van der Waals surface area contributed by atoms with Crippen LogP contribution >= 0.6 is 0 Å². The summed E-state index contributed by atoms with van der Waals surface area (Å²) in [7, 11) is 0. The van der Waals surface area contributed by atoms with Gasteiger partial charge in [-0.15, -0.1) is 0 Å². The van der Waals surface area contributed by atoms with Crippen LogP contribution in [0.4, 0.5) is 5.69 Å². The molecule has 1 aliphatic rings. The van der Waals surface area contributed by atoms with Crippen LogP contribution in [-0.4, -0.2) is 48.9 Å². The second kappa shape index (κ2) is 9.23. The van der Waals surface area contributed by atoms with Crippen LogP contribution in [0.2, 0.25) is 0 Å². The number of rotatable bonds is 5. The van der Waals surface area contributed by atoms with Gasteiger partial charge >= 0.3 is 0 Å². The summed E-state index contributed by atoms with van der Waals surface area (Å²) in [5, 5.41) is 3.18. The summed E-state index contributed by atoms with van der Waals surface area (Å²) >= 11 is 0. The highest BCUT2D eigenvalue weighted by atomic mass is 16.2. The monoisotopic (exact) mass is 394 g/mol. The van der Waals surface area contributed by atoms with E-state index in [1.54, 1.807) is 0 Å². The number of hydrogen-bond acceptors (Lipinski definition) is 2. The molecule has 1 atom stereocenters. The first-order chi connectivity index (χ1) is 13.9. The van der Waals surface area contributed by atoms with Gasteiger partial charge in [-0.05, 0) is 43.0 Å². The van der Waals surface area contributed by atoms with E-state index in [2.05, 4.69) is 25.2 Å². The molecule has 0 aliphatic carbocycles. The minimum Gasteiger partial charge on any atom is -0.327 e. The van der Waals surface area contributed by atoms with Crippen LogP contribution in [0.15, 0.2) is 48.5 Å². The number of quaternary nitrogens is 1. The van der Waals surface area contributed by atoms with Crippen molar-refractivity contribution in [3.8, 4) is 0 Å². The minimum atomic E-state index is -0.163. The maximum absolute atomic E-state index is 13.0. The molecule has 0 saturated carbocycles. The highest BCUT2D eigenvalue weighted by Gasteiger charge is 2.31. The van der Waals surface area contributed by atoms with Crippen LogP contribution in [0, 0.1) is 6.92 Å². The van der Waals surface area contributed by atoms with E-state index in [1.807, 2.05) is 61.2 Å². The molecule has 1 saturated heterocycles. The van der Waals surface area contributed by atoms with Crippen molar-refractivity contribution in [2.45, 2.75) is 39.7 Å². The average molecular weight is 395 g/mol. The van der Waals surface area contributed by atoms with Gasteiger partial charge in [-0.3, -0.25) is 9.59 Å². The summed E-state index contributed by atoms with van der Waals surface area (Å²) in [5.74, 6) is 0.461. The number of carbonyl (C=O) groups is 2. The molecule has 5 nitrogen and oxygen atoms in total. The molecule has 0 radical (unpaired) electrons. The lowest BCUT2D eigenvalue weighted by Crippen LogP contribution is -3.19. The lowest BCUT2D eigenvalue weighted by Gasteiger charge is -2.35. The van der Waals surface area contributed by atoms with E-state index in [1.165, 1.54) is 10.5 Å². The van der Waals surface area contributed by atoms with Crippen LogP contribution in [0.25, 0.3) is 0 Å². The van der Waals surface area contributed by atoms with Gasteiger partial charge in [0.1, 0.15) is 0 Å². The summed E-state index contributed by atoms with van der Waals surface area (Å²) < 4.78 is 0. The fourth-order valence-corrected chi connectivity index (χ4v) is 3.95. The molecule has 1 aliphatic heterocycles. The number of aryl methyl sites for hydroxylation is 1. The summed E-state index contributed by atoms with van der Waals surface area (Å²) in [6.07, 6.45) is 0. The maximum atomic E-state index is 13.0. The van der Waals surface area contributed by atoms with Crippen molar-refractivity contribution < 1.29 is 14.5 Å². The second-order valence-corrected chi connectivity index (χ2v) is 8.22. The Morgan fingerprint density at radius 2 is 1.62 bits per heavy atom. The number of para-hydroxylation sites is 1. The van der Waals surface area contributed by atoms with Crippen molar-refractivity contribution >= 4 is 17.5 Å². The van der Waals surface area contributed by atoms with Crippen molar-refractivity contribution in [1.82, 2.24) is 4.90 Å². The van der Waals surface area contributed by atoms with Crippen LogP contribution in [0.3, 0.4) is 0 Å². The quantitative estimate of drug-likeness (QED) is 0.819. The van der Waals surface area contributed by atoms with Crippen LogP contribution in [-0.2, 0) is 4.79 Å². The predicted octanol–water partition coefficient (Wildman–Crippen LogP) is 2.49. The number of anilines is 1. The molecule has 1 fully saturated rings. The van der Waals surface area contributed by atoms with Gasteiger partial charge in [-0.2, -0.15) is 0 Å². The first-order valence-corrected chi connectivity index (χ1v) is 10.5. The van der Waals surface area contributed by atoms with Gasteiger partial charge in [-0.1, -0.05) is 50.2 Å². The van der Waals surface area contributed by atoms with Gasteiger partial charge in [0.25, 0.3) is 11.8 Å². The molecule has 0 bridgehead atoms. The Hall–Kier alpha value is -2.66. The largest absolute Gasteiger partial charge is 0.327 e. The minimum absolute atomic E-state index is 0.0408. The first kappa shape index (κ1) is 21.1. The summed E-state index contributed by atoms with van der Waals surface area (Å²) in [6.45, 7) is 11.2. The zero-order valence-electron chi connectivity index (χ0n) is 17.9. The number of nitrogens with one attached hydrogen (secondary N) is 2. The normalized spacial score (nSPS) is 16.0. The van der Waals surface area contributed by atoms with Gasteiger partial charge in [0.2, 0.25) is 0 Å². The van der Waals surface area contributed by atoms with Crippen LogP contribution in [0.1, 0.15) is 48.2 Å². The van der Waals surface area contributed by atoms with E-state index in [9.17, 15) is 9.59 Å². The highest BCUT2D eigenvalue weighted by Crippen LogP contribution is 2.27. The summed E-state index contributed by atoms with van der Waals surface area (Å²) in [5.41, 5.74) is 3.92. The molecule has 5 heteroatoms. The molecule has 1 heterocycles. The number of hydrogen-bond donors (Lipinski definition) is 2. The van der Waals surface area contributed by atoms with Crippen molar-refractivity contribution in [3.63, 3.8) is 0 Å². The molecular weight excluding hydrogens is 362 g/mol. The Labute approximate surface area is 173 Å². The Morgan fingerprint density at radius 1 is 0.966 bits per heavy atom. The third kappa shape index (κ3) is 4.85. The molecule has 29 heavy (non-hydrogen) atoms. The molecule has 2 N–H and O–H groups in total. The number of benzene rings is 2. The first-order valence-electron chi connectivity index (χ1n) is 10.5. The Kier molecular flexibility index (Phi) is 6.70. The van der Waals surface area contributed by atoms with Crippen LogP contribution in [0.5, 0.6) is 0 Å². The van der Waals surface area contributed by atoms with E-state index in [0.717, 1.165) is 29.9 Å². The van der Waals surface area contributed by atoms with Gasteiger partial charge in [0.05, 0.1) is 26.2 Å². The second-order valence-electron chi connectivity index (χ2n) is 8.22. The molecule has 0 aromatic heterocycles. The SMILES string of the molecule is Cc1cccc(C(C)C)c1NC(=O)[C@H](C)[NH+]1CCN(C(=O)c2ccccc2)CC1. The smallest absolute Gasteiger partial charge is 0.282 e. The molecule has 2 aromatic carbocycles. The fraction of sp³-hybridized carbons (Fsp3) is 0.417. The molecule has 2 amide bonds. The number of nitrogens with zero attached hydrogens (tertiary/aromatic N) is 1. The molecule has 0 spiro atoms. The molecule has 154 valence electrons. The lowest BCUT2D eigenvalue weighted by atomic mass is 9.98. The van der Waals surface area contributed by atoms with Gasteiger partial charge < -0.3 is 15.1 Å². The molecular formula is C24H32N3O2+. The highest BCUT2D eigenvalue weighted by molar-refractivity contribution is 5.95.